The Morgan fingerprint density at radius 1 is 1.03 bits per heavy atom. The molecule has 9 heteroatoms. The predicted molar refractivity (Wildman–Crippen MR) is 129 cm³/mol. The summed E-state index contributed by atoms with van der Waals surface area (Å²) < 4.78 is 17.6. The van der Waals surface area contributed by atoms with Gasteiger partial charge in [-0.25, -0.2) is 4.79 Å². The molecule has 2 heterocycles. The lowest BCUT2D eigenvalue weighted by Crippen LogP contribution is -2.49. The van der Waals surface area contributed by atoms with Crippen molar-refractivity contribution in [1.29, 1.82) is 0 Å². The van der Waals surface area contributed by atoms with Crippen LogP contribution in [-0.2, 0) is 20.8 Å². The molecule has 0 bridgehead atoms. The average Bonchev–Trinajstić information content (AvgIpc) is 2.81. The van der Waals surface area contributed by atoms with Crippen LogP contribution in [0.4, 0.5) is 10.5 Å². The first kappa shape index (κ1) is 24.9. The standard InChI is InChI=1S/C25H38N4O5/c1-17(26)33-19-4-6-20(7-5-19)34-21-9-12-28(13-10-21)16-18-3-8-23(32-2)22(15-18)29-14-11-24(30)27-25(29)31/h3,8,15,17,19-21H,4-7,9-14,16,26H2,1-2H3,(H,27,30,31). The molecule has 3 N–H and O–H groups in total. The normalized spacial score (nSPS) is 25.8. The second-order valence-electron chi connectivity index (χ2n) is 9.61. The average molecular weight is 475 g/mol. The first-order valence-electron chi connectivity index (χ1n) is 12.5. The van der Waals surface area contributed by atoms with Gasteiger partial charge in [0.2, 0.25) is 5.91 Å². The molecule has 0 spiro atoms. The molecule has 3 aliphatic rings. The zero-order chi connectivity index (χ0) is 24.1. The zero-order valence-corrected chi connectivity index (χ0v) is 20.3. The van der Waals surface area contributed by atoms with E-state index in [1.165, 1.54) is 0 Å². The van der Waals surface area contributed by atoms with Crippen molar-refractivity contribution in [3.8, 4) is 5.75 Å². The number of ether oxygens (including phenoxy) is 3. The number of carbonyl (C=O) groups excluding carboxylic acids is 2. The molecule has 3 fully saturated rings. The lowest BCUT2D eigenvalue weighted by atomic mass is 9.94. The fraction of sp³-hybridized carbons (Fsp3) is 0.680. The lowest BCUT2D eigenvalue weighted by molar-refractivity contribution is -0.120. The molecule has 34 heavy (non-hydrogen) atoms. The molecular weight excluding hydrogens is 436 g/mol. The number of likely N-dealkylation sites (tertiary alicyclic amines) is 1. The lowest BCUT2D eigenvalue weighted by Gasteiger charge is -2.36. The van der Waals surface area contributed by atoms with Gasteiger partial charge in [-0.05, 0) is 63.1 Å². The van der Waals surface area contributed by atoms with Gasteiger partial charge in [0.25, 0.3) is 0 Å². The Bertz CT molecular complexity index is 848. The van der Waals surface area contributed by atoms with Crippen molar-refractivity contribution in [2.45, 2.75) is 83.0 Å². The molecule has 188 valence electrons. The highest BCUT2D eigenvalue weighted by atomic mass is 16.5. The summed E-state index contributed by atoms with van der Waals surface area (Å²) in [5.74, 6) is 0.384. The fourth-order valence-electron chi connectivity index (χ4n) is 5.18. The Balaban J connectivity index is 1.26. The van der Waals surface area contributed by atoms with Gasteiger partial charge in [0, 0.05) is 32.6 Å². The van der Waals surface area contributed by atoms with Gasteiger partial charge in [0.15, 0.2) is 0 Å². The van der Waals surface area contributed by atoms with E-state index in [-0.39, 0.29) is 24.7 Å². The van der Waals surface area contributed by atoms with Crippen LogP contribution in [0.3, 0.4) is 0 Å². The maximum Gasteiger partial charge on any atom is 0.328 e. The fourth-order valence-corrected chi connectivity index (χ4v) is 5.18. The number of nitrogens with one attached hydrogen (secondary N) is 1. The Morgan fingerprint density at radius 2 is 1.71 bits per heavy atom. The maximum absolute atomic E-state index is 12.3. The largest absolute Gasteiger partial charge is 0.495 e. The van der Waals surface area contributed by atoms with E-state index >= 15 is 0 Å². The van der Waals surface area contributed by atoms with Crippen molar-refractivity contribution >= 4 is 17.6 Å². The molecule has 1 aromatic rings. The molecule has 1 unspecified atom stereocenters. The molecule has 0 aromatic heterocycles. The van der Waals surface area contributed by atoms with Crippen molar-refractivity contribution < 1.29 is 23.8 Å². The van der Waals surface area contributed by atoms with Gasteiger partial charge in [0.1, 0.15) is 12.0 Å². The monoisotopic (exact) mass is 474 g/mol. The third-order valence-electron chi connectivity index (χ3n) is 6.94. The van der Waals surface area contributed by atoms with E-state index in [1.54, 1.807) is 12.0 Å². The van der Waals surface area contributed by atoms with Crippen LogP contribution in [0, 0.1) is 0 Å². The number of urea groups is 1. The van der Waals surface area contributed by atoms with E-state index in [1.807, 2.05) is 25.1 Å². The number of methoxy groups -OCH3 is 1. The van der Waals surface area contributed by atoms with Crippen LogP contribution in [0.5, 0.6) is 5.75 Å². The van der Waals surface area contributed by atoms with Crippen molar-refractivity contribution in [2.24, 2.45) is 5.73 Å². The molecule has 2 saturated heterocycles. The van der Waals surface area contributed by atoms with E-state index in [0.717, 1.165) is 63.7 Å². The highest BCUT2D eigenvalue weighted by Crippen LogP contribution is 2.32. The number of nitrogens with two attached hydrogens (primary N) is 1. The smallest absolute Gasteiger partial charge is 0.328 e. The summed E-state index contributed by atoms with van der Waals surface area (Å²) in [6.45, 7) is 5.00. The van der Waals surface area contributed by atoms with Crippen LogP contribution in [0.15, 0.2) is 18.2 Å². The third-order valence-corrected chi connectivity index (χ3v) is 6.94. The molecular formula is C25H38N4O5. The highest BCUT2D eigenvalue weighted by molar-refractivity contribution is 6.06. The van der Waals surface area contributed by atoms with Crippen molar-refractivity contribution in [3.63, 3.8) is 0 Å². The number of carbonyl (C=O) groups is 2. The SMILES string of the molecule is COc1ccc(CN2CCC(OC3CCC(OC(C)N)CC3)CC2)cc1N1CCC(=O)NC1=O. The van der Waals surface area contributed by atoms with Crippen LogP contribution >= 0.6 is 0 Å². The van der Waals surface area contributed by atoms with E-state index in [4.69, 9.17) is 19.9 Å². The molecule has 3 amide bonds. The van der Waals surface area contributed by atoms with Gasteiger partial charge in [-0.15, -0.1) is 0 Å². The minimum Gasteiger partial charge on any atom is -0.495 e. The summed E-state index contributed by atoms with van der Waals surface area (Å²) in [4.78, 5) is 27.9. The number of imide groups is 1. The summed E-state index contributed by atoms with van der Waals surface area (Å²) in [6, 6.07) is 5.54. The summed E-state index contributed by atoms with van der Waals surface area (Å²) in [6.07, 6.45) is 7.18. The molecule has 2 aliphatic heterocycles. The molecule has 4 rings (SSSR count). The first-order valence-corrected chi connectivity index (χ1v) is 12.5. The minimum atomic E-state index is -0.400. The summed E-state index contributed by atoms with van der Waals surface area (Å²) >= 11 is 0. The molecule has 1 aliphatic carbocycles. The Labute approximate surface area is 201 Å². The number of hydrogen-bond donors (Lipinski definition) is 2. The van der Waals surface area contributed by atoms with Gasteiger partial charge in [0.05, 0.1) is 31.1 Å². The second-order valence-corrected chi connectivity index (χ2v) is 9.61. The summed E-state index contributed by atoms with van der Waals surface area (Å²) in [7, 11) is 1.59. The zero-order valence-electron chi connectivity index (χ0n) is 20.3. The number of benzene rings is 1. The maximum atomic E-state index is 12.3. The van der Waals surface area contributed by atoms with Crippen LogP contribution < -0.4 is 20.7 Å². The van der Waals surface area contributed by atoms with Crippen LogP contribution in [0.25, 0.3) is 0 Å². The van der Waals surface area contributed by atoms with Gasteiger partial charge in [-0.1, -0.05) is 6.07 Å². The predicted octanol–water partition coefficient (Wildman–Crippen LogP) is 2.75. The molecule has 0 radical (unpaired) electrons. The van der Waals surface area contributed by atoms with E-state index in [2.05, 4.69) is 10.2 Å². The summed E-state index contributed by atoms with van der Waals surface area (Å²) in [5.41, 5.74) is 7.57. The van der Waals surface area contributed by atoms with Crippen molar-refractivity contribution in [2.75, 3.05) is 31.6 Å². The van der Waals surface area contributed by atoms with E-state index in [0.29, 0.717) is 30.2 Å². The number of piperidine rings is 1. The molecule has 1 saturated carbocycles. The second kappa shape index (κ2) is 11.5. The number of rotatable bonds is 8. The Hall–Kier alpha value is -2.20. The number of hydrogen-bond acceptors (Lipinski definition) is 7. The number of nitrogens with zero attached hydrogens (tertiary/aromatic N) is 2. The molecule has 9 nitrogen and oxygen atoms in total. The van der Waals surface area contributed by atoms with Gasteiger partial charge in [-0.3, -0.25) is 19.9 Å². The van der Waals surface area contributed by atoms with E-state index < -0.39 is 6.03 Å². The van der Waals surface area contributed by atoms with Gasteiger partial charge < -0.3 is 19.9 Å². The minimum absolute atomic E-state index is 0.199. The third kappa shape index (κ3) is 6.47. The number of amides is 3. The molecule has 1 atom stereocenters. The van der Waals surface area contributed by atoms with Crippen LogP contribution in [0.1, 0.15) is 57.4 Å². The Kier molecular flexibility index (Phi) is 8.41. The highest BCUT2D eigenvalue weighted by Gasteiger charge is 2.29. The van der Waals surface area contributed by atoms with Crippen molar-refractivity contribution in [1.82, 2.24) is 10.2 Å². The van der Waals surface area contributed by atoms with E-state index in [9.17, 15) is 9.59 Å². The van der Waals surface area contributed by atoms with Gasteiger partial charge >= 0.3 is 6.03 Å². The summed E-state index contributed by atoms with van der Waals surface area (Å²) in [5, 5.41) is 2.38. The Morgan fingerprint density at radius 3 is 2.35 bits per heavy atom. The van der Waals surface area contributed by atoms with Gasteiger partial charge in [-0.2, -0.15) is 0 Å². The van der Waals surface area contributed by atoms with Crippen LogP contribution in [-0.4, -0.2) is 68.1 Å². The molecule has 1 aromatic carbocycles. The van der Waals surface area contributed by atoms with Crippen molar-refractivity contribution in [3.05, 3.63) is 23.8 Å². The van der Waals surface area contributed by atoms with Crippen LogP contribution in [0.2, 0.25) is 0 Å². The topological polar surface area (TPSA) is 106 Å². The number of anilines is 1. The quantitative estimate of drug-likeness (QED) is 0.558. The first-order chi connectivity index (χ1) is 16.4.